The van der Waals surface area contributed by atoms with Crippen molar-refractivity contribution < 1.29 is 4.39 Å². The molecule has 1 rings (SSSR count). The Morgan fingerprint density at radius 1 is 1.41 bits per heavy atom. The van der Waals surface area contributed by atoms with Gasteiger partial charge in [-0.3, -0.25) is 0 Å². The third kappa shape index (κ3) is 4.43. The van der Waals surface area contributed by atoms with E-state index < -0.39 is 0 Å². The number of nitrogens with one attached hydrogen (secondary N) is 1. The van der Waals surface area contributed by atoms with Crippen LogP contribution in [-0.4, -0.2) is 6.54 Å². The molecule has 94 valence electrons. The molecule has 0 heterocycles. The Balaban J connectivity index is 2.70. The molecule has 0 saturated heterocycles. The van der Waals surface area contributed by atoms with Crippen molar-refractivity contribution in [3.05, 3.63) is 35.0 Å². The summed E-state index contributed by atoms with van der Waals surface area (Å²) in [5, 5.41) is 4.87. The molecule has 1 nitrogen and oxygen atoms in total. The second kappa shape index (κ2) is 7.38. The normalized spacial score (nSPS) is 11.6. The van der Waals surface area contributed by atoms with E-state index in [0.717, 1.165) is 24.1 Å². The van der Waals surface area contributed by atoms with Gasteiger partial charge in [0, 0.05) is 6.54 Å². The first-order valence-corrected chi connectivity index (χ1v) is 6.55. The number of unbranched alkanes of at least 4 members (excludes halogenated alkanes) is 2. The fourth-order valence-corrected chi connectivity index (χ4v) is 1.73. The summed E-state index contributed by atoms with van der Waals surface area (Å²) in [7, 11) is 0. The number of allylic oxidation sites excluding steroid dienone is 1. The van der Waals surface area contributed by atoms with Crippen molar-refractivity contribution >= 4 is 23.9 Å². The lowest BCUT2D eigenvalue weighted by atomic mass is 10.1. The largest absolute Gasteiger partial charge is 0.383 e. The van der Waals surface area contributed by atoms with Crippen LogP contribution < -0.4 is 5.32 Å². The maximum atomic E-state index is 13.5. The van der Waals surface area contributed by atoms with Gasteiger partial charge in [-0.1, -0.05) is 25.8 Å². The zero-order valence-corrected chi connectivity index (χ0v) is 11.4. The third-order valence-corrected chi connectivity index (χ3v) is 3.10. The van der Waals surface area contributed by atoms with Crippen LogP contribution in [0.3, 0.4) is 0 Å². The minimum absolute atomic E-state index is 0.197. The molecule has 0 spiro atoms. The second-order valence-electron chi connectivity index (χ2n) is 4.14. The molecule has 0 unspecified atom stereocenters. The van der Waals surface area contributed by atoms with Gasteiger partial charge in [0.25, 0.3) is 0 Å². The smallest absolute Gasteiger partial charge is 0.146 e. The SMILES string of the molecule is CCCCCNc1cc(/C(C)=C/S)ccc1F. The molecular formula is C14H20FNS. The van der Waals surface area contributed by atoms with E-state index in [9.17, 15) is 4.39 Å². The van der Waals surface area contributed by atoms with Crippen molar-refractivity contribution in [2.45, 2.75) is 33.1 Å². The average molecular weight is 253 g/mol. The highest BCUT2D eigenvalue weighted by Gasteiger charge is 2.03. The number of benzene rings is 1. The van der Waals surface area contributed by atoms with Crippen LogP contribution in [-0.2, 0) is 0 Å². The Bertz CT molecular complexity index is 388. The van der Waals surface area contributed by atoms with Gasteiger partial charge in [0.05, 0.1) is 5.69 Å². The van der Waals surface area contributed by atoms with Gasteiger partial charge in [-0.15, -0.1) is 0 Å². The first-order valence-electron chi connectivity index (χ1n) is 6.03. The quantitative estimate of drug-likeness (QED) is 0.552. The molecule has 0 amide bonds. The van der Waals surface area contributed by atoms with Gasteiger partial charge >= 0.3 is 0 Å². The van der Waals surface area contributed by atoms with Crippen LogP contribution in [0.2, 0.25) is 0 Å². The van der Waals surface area contributed by atoms with E-state index >= 15 is 0 Å². The highest BCUT2D eigenvalue weighted by atomic mass is 32.1. The van der Waals surface area contributed by atoms with Crippen LogP contribution in [0.5, 0.6) is 0 Å². The molecule has 0 aliphatic heterocycles. The predicted molar refractivity (Wildman–Crippen MR) is 77.1 cm³/mol. The highest BCUT2D eigenvalue weighted by molar-refractivity contribution is 7.83. The molecule has 0 fully saturated rings. The molecule has 1 N–H and O–H groups in total. The summed E-state index contributed by atoms with van der Waals surface area (Å²) in [5.41, 5.74) is 2.61. The van der Waals surface area contributed by atoms with Crippen LogP contribution in [0, 0.1) is 5.82 Å². The zero-order valence-electron chi connectivity index (χ0n) is 10.5. The Labute approximate surface area is 109 Å². The molecule has 0 atom stereocenters. The molecule has 1 aromatic carbocycles. The molecule has 0 aliphatic carbocycles. The van der Waals surface area contributed by atoms with Crippen LogP contribution in [0.15, 0.2) is 23.6 Å². The Morgan fingerprint density at radius 3 is 2.82 bits per heavy atom. The monoisotopic (exact) mass is 253 g/mol. The van der Waals surface area contributed by atoms with E-state index in [1.807, 2.05) is 13.0 Å². The number of thiol groups is 1. The van der Waals surface area contributed by atoms with Crippen molar-refractivity contribution in [3.63, 3.8) is 0 Å². The maximum absolute atomic E-state index is 13.5. The number of hydrogen-bond acceptors (Lipinski definition) is 2. The van der Waals surface area contributed by atoms with Crippen molar-refractivity contribution in [2.75, 3.05) is 11.9 Å². The average Bonchev–Trinajstić information content (AvgIpc) is 2.35. The fraction of sp³-hybridized carbons (Fsp3) is 0.429. The first-order chi connectivity index (χ1) is 8.19. The molecular weight excluding hydrogens is 233 g/mol. The summed E-state index contributed by atoms with van der Waals surface area (Å²) in [6.07, 6.45) is 3.41. The number of rotatable bonds is 6. The van der Waals surface area contributed by atoms with E-state index in [-0.39, 0.29) is 5.82 Å². The number of halogens is 1. The second-order valence-corrected chi connectivity index (χ2v) is 4.40. The van der Waals surface area contributed by atoms with E-state index in [4.69, 9.17) is 0 Å². The Morgan fingerprint density at radius 2 is 2.18 bits per heavy atom. The van der Waals surface area contributed by atoms with Gasteiger partial charge in [0.1, 0.15) is 5.82 Å². The molecule has 0 aliphatic rings. The molecule has 0 saturated carbocycles. The van der Waals surface area contributed by atoms with Crippen LogP contribution >= 0.6 is 12.6 Å². The summed E-state index contributed by atoms with van der Waals surface area (Å²) in [5.74, 6) is -0.197. The lowest BCUT2D eigenvalue weighted by molar-refractivity contribution is 0.628. The lowest BCUT2D eigenvalue weighted by Gasteiger charge is -2.09. The standard InChI is InChI=1S/C14H20FNS/c1-3-4-5-8-16-14-9-12(11(2)10-17)6-7-13(14)15/h6-7,9-10,16-17H,3-5,8H2,1-2H3/b11-10+. The number of hydrogen-bond donors (Lipinski definition) is 2. The van der Waals surface area contributed by atoms with E-state index in [1.54, 1.807) is 11.5 Å². The molecule has 17 heavy (non-hydrogen) atoms. The van der Waals surface area contributed by atoms with Gasteiger partial charge in [-0.05, 0) is 42.0 Å². The van der Waals surface area contributed by atoms with Gasteiger partial charge in [0.2, 0.25) is 0 Å². The Hall–Kier alpha value is -0.960. The third-order valence-electron chi connectivity index (χ3n) is 2.71. The highest BCUT2D eigenvalue weighted by Crippen LogP contribution is 2.22. The molecule has 0 bridgehead atoms. The first kappa shape index (κ1) is 14.1. The van der Waals surface area contributed by atoms with Crippen molar-refractivity contribution in [2.24, 2.45) is 0 Å². The van der Waals surface area contributed by atoms with Gasteiger partial charge < -0.3 is 5.32 Å². The predicted octanol–water partition coefficient (Wildman–Crippen LogP) is 4.72. The molecule has 1 aromatic rings. The van der Waals surface area contributed by atoms with Crippen molar-refractivity contribution in [1.29, 1.82) is 0 Å². The summed E-state index contributed by atoms with van der Waals surface area (Å²) in [4.78, 5) is 0. The van der Waals surface area contributed by atoms with Gasteiger partial charge in [-0.2, -0.15) is 12.6 Å². The summed E-state index contributed by atoms with van der Waals surface area (Å²) >= 11 is 4.11. The van der Waals surface area contributed by atoms with E-state index in [1.165, 1.54) is 18.9 Å². The van der Waals surface area contributed by atoms with E-state index in [2.05, 4.69) is 24.9 Å². The summed E-state index contributed by atoms with van der Waals surface area (Å²) in [6, 6.07) is 5.11. The minimum atomic E-state index is -0.197. The molecule has 0 radical (unpaired) electrons. The van der Waals surface area contributed by atoms with Gasteiger partial charge in [-0.25, -0.2) is 4.39 Å². The molecule has 0 aromatic heterocycles. The summed E-state index contributed by atoms with van der Waals surface area (Å²) < 4.78 is 13.5. The zero-order chi connectivity index (χ0) is 12.7. The number of anilines is 1. The van der Waals surface area contributed by atoms with Crippen molar-refractivity contribution in [3.8, 4) is 0 Å². The summed E-state index contributed by atoms with van der Waals surface area (Å²) in [6.45, 7) is 4.93. The molecule has 3 heteroatoms. The van der Waals surface area contributed by atoms with Crippen LogP contribution in [0.1, 0.15) is 38.7 Å². The minimum Gasteiger partial charge on any atom is -0.383 e. The van der Waals surface area contributed by atoms with E-state index in [0.29, 0.717) is 5.69 Å². The van der Waals surface area contributed by atoms with Crippen LogP contribution in [0.4, 0.5) is 10.1 Å². The lowest BCUT2D eigenvalue weighted by Crippen LogP contribution is -2.03. The fourth-order valence-electron chi connectivity index (χ4n) is 1.58. The Kier molecular flexibility index (Phi) is 6.12. The van der Waals surface area contributed by atoms with Crippen molar-refractivity contribution in [1.82, 2.24) is 0 Å². The maximum Gasteiger partial charge on any atom is 0.146 e. The van der Waals surface area contributed by atoms with Crippen LogP contribution in [0.25, 0.3) is 5.57 Å². The van der Waals surface area contributed by atoms with Gasteiger partial charge in [0.15, 0.2) is 0 Å². The topological polar surface area (TPSA) is 12.0 Å².